The Morgan fingerprint density at radius 3 is 2.71 bits per heavy atom. The molecule has 0 spiro atoms. The molecule has 1 rings (SSSR count). The third-order valence-corrected chi connectivity index (χ3v) is 1.88. The van der Waals surface area contributed by atoms with E-state index >= 15 is 0 Å². The van der Waals surface area contributed by atoms with Gasteiger partial charge in [-0.15, -0.1) is 0 Å². The zero-order chi connectivity index (χ0) is 10.4. The van der Waals surface area contributed by atoms with Gasteiger partial charge in [-0.1, -0.05) is 20.3 Å². The highest BCUT2D eigenvalue weighted by Crippen LogP contribution is 2.21. The van der Waals surface area contributed by atoms with Crippen LogP contribution in [0.3, 0.4) is 0 Å². The molecular formula is C10H17N3O. The monoisotopic (exact) mass is 195 g/mol. The molecule has 0 bridgehead atoms. The lowest BCUT2D eigenvalue weighted by Crippen LogP contribution is -2.05. The first-order chi connectivity index (χ1) is 6.79. The number of aromatic nitrogens is 2. The summed E-state index contributed by atoms with van der Waals surface area (Å²) < 4.78 is 5.49. The average molecular weight is 195 g/mol. The van der Waals surface area contributed by atoms with Gasteiger partial charge in [0.15, 0.2) is 0 Å². The summed E-state index contributed by atoms with van der Waals surface area (Å²) >= 11 is 0. The van der Waals surface area contributed by atoms with Crippen molar-refractivity contribution in [2.24, 2.45) is 0 Å². The van der Waals surface area contributed by atoms with Crippen molar-refractivity contribution in [1.29, 1.82) is 0 Å². The summed E-state index contributed by atoms with van der Waals surface area (Å²) in [4.78, 5) is 8.04. The molecule has 4 heteroatoms. The number of hydrogen-bond donors (Lipinski definition) is 1. The first-order valence-electron chi connectivity index (χ1n) is 5.01. The van der Waals surface area contributed by atoms with Crippen molar-refractivity contribution in [3.63, 3.8) is 0 Å². The number of nitrogens with two attached hydrogens (primary N) is 1. The minimum absolute atomic E-state index is 0.535. The van der Waals surface area contributed by atoms with Crippen molar-refractivity contribution >= 4 is 5.82 Å². The van der Waals surface area contributed by atoms with Crippen LogP contribution in [-0.4, -0.2) is 16.6 Å². The Morgan fingerprint density at radius 1 is 1.29 bits per heavy atom. The number of rotatable bonds is 5. The number of ether oxygens (including phenoxy) is 1. The second-order valence-electron chi connectivity index (χ2n) is 3.14. The third-order valence-electron chi connectivity index (χ3n) is 1.88. The zero-order valence-corrected chi connectivity index (χ0v) is 8.79. The summed E-state index contributed by atoms with van der Waals surface area (Å²) in [5.74, 6) is 1.18. The van der Waals surface area contributed by atoms with E-state index in [-0.39, 0.29) is 0 Å². The fraction of sp³-hybridized carbons (Fsp3) is 0.600. The lowest BCUT2D eigenvalue weighted by Gasteiger charge is -2.09. The molecule has 0 amide bonds. The highest BCUT2D eigenvalue weighted by atomic mass is 16.5. The third kappa shape index (κ3) is 2.58. The number of nitrogen functional groups attached to an aromatic ring is 1. The van der Waals surface area contributed by atoms with Crippen LogP contribution in [0.25, 0.3) is 0 Å². The quantitative estimate of drug-likeness (QED) is 0.778. The van der Waals surface area contributed by atoms with Crippen LogP contribution < -0.4 is 10.5 Å². The lowest BCUT2D eigenvalue weighted by atomic mass is 10.2. The van der Waals surface area contributed by atoms with E-state index in [1.807, 2.05) is 0 Å². The van der Waals surface area contributed by atoms with Gasteiger partial charge < -0.3 is 10.5 Å². The molecule has 0 aliphatic carbocycles. The van der Waals surface area contributed by atoms with E-state index in [0.29, 0.717) is 18.3 Å². The standard InChI is InChI=1S/C10H17N3O/c1-3-5-8-9(11)12-7-13-10(8)14-6-4-2/h7H,3-6H2,1-2H3,(H2,11,12,13). The Hall–Kier alpha value is -1.32. The minimum Gasteiger partial charge on any atom is -0.477 e. The molecule has 0 saturated heterocycles. The Bertz CT molecular complexity index is 289. The van der Waals surface area contributed by atoms with E-state index < -0.39 is 0 Å². The topological polar surface area (TPSA) is 61.0 Å². The van der Waals surface area contributed by atoms with E-state index in [4.69, 9.17) is 10.5 Å². The SMILES string of the molecule is CCCOc1ncnc(N)c1CCC. The second kappa shape index (κ2) is 5.42. The van der Waals surface area contributed by atoms with E-state index in [9.17, 15) is 0 Å². The van der Waals surface area contributed by atoms with Crippen LogP contribution >= 0.6 is 0 Å². The minimum atomic E-state index is 0.535. The van der Waals surface area contributed by atoms with E-state index in [1.165, 1.54) is 6.33 Å². The van der Waals surface area contributed by atoms with Gasteiger partial charge >= 0.3 is 0 Å². The molecule has 14 heavy (non-hydrogen) atoms. The first-order valence-corrected chi connectivity index (χ1v) is 5.01. The van der Waals surface area contributed by atoms with E-state index in [0.717, 1.165) is 24.8 Å². The maximum Gasteiger partial charge on any atom is 0.221 e. The fourth-order valence-electron chi connectivity index (χ4n) is 1.22. The molecule has 0 aliphatic heterocycles. The Balaban J connectivity index is 2.83. The molecule has 0 saturated carbocycles. The van der Waals surface area contributed by atoms with Crippen molar-refractivity contribution in [2.45, 2.75) is 33.1 Å². The maximum atomic E-state index is 5.75. The lowest BCUT2D eigenvalue weighted by molar-refractivity contribution is 0.301. The normalized spacial score (nSPS) is 10.1. The number of hydrogen-bond acceptors (Lipinski definition) is 4. The summed E-state index contributed by atoms with van der Waals surface area (Å²) in [5, 5.41) is 0. The largest absolute Gasteiger partial charge is 0.477 e. The predicted molar refractivity (Wildman–Crippen MR) is 56.2 cm³/mol. The molecule has 4 nitrogen and oxygen atoms in total. The van der Waals surface area contributed by atoms with Crippen molar-refractivity contribution in [3.8, 4) is 5.88 Å². The zero-order valence-electron chi connectivity index (χ0n) is 8.79. The molecule has 0 atom stereocenters. The van der Waals surface area contributed by atoms with Gasteiger partial charge in [0.2, 0.25) is 5.88 Å². The number of nitrogens with zero attached hydrogens (tertiary/aromatic N) is 2. The van der Waals surface area contributed by atoms with Gasteiger partial charge in [0.1, 0.15) is 12.1 Å². The molecule has 0 radical (unpaired) electrons. The van der Waals surface area contributed by atoms with E-state index in [1.54, 1.807) is 0 Å². The second-order valence-corrected chi connectivity index (χ2v) is 3.14. The van der Waals surface area contributed by atoms with Crippen LogP contribution in [-0.2, 0) is 6.42 Å². The molecule has 1 heterocycles. The highest BCUT2D eigenvalue weighted by Gasteiger charge is 2.08. The number of anilines is 1. The molecule has 2 N–H and O–H groups in total. The molecule has 0 aliphatic rings. The molecule has 0 aromatic carbocycles. The van der Waals surface area contributed by atoms with Crippen LogP contribution in [0, 0.1) is 0 Å². The van der Waals surface area contributed by atoms with Gasteiger partial charge in [-0.25, -0.2) is 9.97 Å². The average Bonchev–Trinajstić information content (AvgIpc) is 2.19. The van der Waals surface area contributed by atoms with Crippen LogP contribution in [0.5, 0.6) is 5.88 Å². The molecule has 0 unspecified atom stereocenters. The highest BCUT2D eigenvalue weighted by molar-refractivity contribution is 5.44. The summed E-state index contributed by atoms with van der Waals surface area (Å²) in [6.07, 6.45) is 4.29. The van der Waals surface area contributed by atoms with Crippen molar-refractivity contribution in [1.82, 2.24) is 9.97 Å². The Kier molecular flexibility index (Phi) is 4.16. The van der Waals surface area contributed by atoms with Crippen molar-refractivity contribution in [3.05, 3.63) is 11.9 Å². The van der Waals surface area contributed by atoms with Gasteiger partial charge in [0, 0.05) is 0 Å². The molecule has 78 valence electrons. The van der Waals surface area contributed by atoms with Crippen LogP contribution in [0.4, 0.5) is 5.82 Å². The summed E-state index contributed by atoms with van der Waals surface area (Å²) in [5.41, 5.74) is 6.68. The first kappa shape index (κ1) is 10.8. The molecular weight excluding hydrogens is 178 g/mol. The van der Waals surface area contributed by atoms with E-state index in [2.05, 4.69) is 23.8 Å². The van der Waals surface area contributed by atoms with Crippen molar-refractivity contribution < 1.29 is 4.74 Å². The Morgan fingerprint density at radius 2 is 2.07 bits per heavy atom. The van der Waals surface area contributed by atoms with Crippen molar-refractivity contribution in [2.75, 3.05) is 12.3 Å². The smallest absolute Gasteiger partial charge is 0.221 e. The van der Waals surface area contributed by atoms with Gasteiger partial charge in [-0.3, -0.25) is 0 Å². The Labute approximate surface area is 84.5 Å². The fourth-order valence-corrected chi connectivity index (χ4v) is 1.22. The van der Waals surface area contributed by atoms with Gasteiger partial charge in [0.25, 0.3) is 0 Å². The summed E-state index contributed by atoms with van der Waals surface area (Å²) in [7, 11) is 0. The van der Waals surface area contributed by atoms with Crippen LogP contribution in [0.1, 0.15) is 32.3 Å². The molecule has 1 aromatic heterocycles. The molecule has 0 fully saturated rings. The maximum absolute atomic E-state index is 5.75. The molecule has 1 aromatic rings. The predicted octanol–water partition coefficient (Wildman–Crippen LogP) is 1.80. The van der Waals surface area contributed by atoms with Gasteiger partial charge in [-0.05, 0) is 12.8 Å². The summed E-state index contributed by atoms with van der Waals surface area (Å²) in [6.45, 7) is 4.83. The van der Waals surface area contributed by atoms with Crippen LogP contribution in [0.2, 0.25) is 0 Å². The van der Waals surface area contributed by atoms with Gasteiger partial charge in [-0.2, -0.15) is 0 Å². The van der Waals surface area contributed by atoms with Crippen LogP contribution in [0.15, 0.2) is 6.33 Å². The van der Waals surface area contributed by atoms with Gasteiger partial charge in [0.05, 0.1) is 12.2 Å². The summed E-state index contributed by atoms with van der Waals surface area (Å²) in [6, 6.07) is 0.